The molecule has 3 fully saturated rings. The van der Waals surface area contributed by atoms with Gasteiger partial charge in [-0.3, -0.25) is 0 Å². The Hall–Kier alpha value is -0.960. The number of sulfonamides is 1. The highest BCUT2D eigenvalue weighted by atomic mass is 32.2. The van der Waals surface area contributed by atoms with Crippen molar-refractivity contribution in [3.8, 4) is 0 Å². The van der Waals surface area contributed by atoms with Crippen LogP contribution >= 0.6 is 0 Å². The summed E-state index contributed by atoms with van der Waals surface area (Å²) in [5.74, 6) is 1.08. The minimum atomic E-state index is -3.58. The second kappa shape index (κ2) is 8.29. The van der Waals surface area contributed by atoms with Crippen LogP contribution in [-0.2, 0) is 14.8 Å². The summed E-state index contributed by atoms with van der Waals surface area (Å²) in [7, 11) is -3.58. The molecule has 0 amide bonds. The molecule has 1 aromatic rings. The second-order valence-electron chi connectivity index (χ2n) is 9.50. The summed E-state index contributed by atoms with van der Waals surface area (Å²) >= 11 is 0. The largest absolute Gasteiger partial charge is 0.375 e. The Balaban J connectivity index is 1.38. The maximum Gasteiger partial charge on any atom is 0.248 e. The van der Waals surface area contributed by atoms with Crippen molar-refractivity contribution in [1.82, 2.24) is 14.4 Å². The molecule has 0 spiro atoms. The Labute approximate surface area is 174 Å². The molecule has 1 unspecified atom stereocenters. The molecule has 2 bridgehead atoms. The van der Waals surface area contributed by atoms with Crippen LogP contribution in [0.1, 0.15) is 63.8 Å². The second-order valence-corrected chi connectivity index (χ2v) is 11.3. The lowest BCUT2D eigenvalue weighted by Crippen LogP contribution is -2.49. The van der Waals surface area contributed by atoms with Crippen molar-refractivity contribution in [2.75, 3.05) is 19.6 Å². The summed E-state index contributed by atoms with van der Waals surface area (Å²) in [5.41, 5.74) is 0.452. The highest BCUT2D eigenvalue weighted by molar-refractivity contribution is 7.89. The van der Waals surface area contributed by atoms with Crippen molar-refractivity contribution in [2.45, 2.75) is 95.4 Å². The summed E-state index contributed by atoms with van der Waals surface area (Å²) < 4.78 is 40.1. The van der Waals surface area contributed by atoms with Gasteiger partial charge in [-0.15, -0.1) is 0 Å². The first-order valence-corrected chi connectivity index (χ1v) is 12.5. The van der Waals surface area contributed by atoms with Crippen molar-refractivity contribution in [3.63, 3.8) is 0 Å². The number of aromatic nitrogens is 1. The number of piperidine rings is 2. The molecule has 3 aliphatic heterocycles. The third-order valence-electron chi connectivity index (χ3n) is 6.67. The fraction of sp³-hybridized carbons (Fsp3) is 0.857. The van der Waals surface area contributed by atoms with E-state index in [0.717, 1.165) is 58.2 Å². The molecule has 7 nitrogen and oxygen atoms in total. The first-order valence-electron chi connectivity index (χ1n) is 11.1. The van der Waals surface area contributed by atoms with Gasteiger partial charge >= 0.3 is 0 Å². The Morgan fingerprint density at radius 1 is 1.07 bits per heavy atom. The molecule has 3 atom stereocenters. The zero-order chi connectivity index (χ0) is 20.8. The van der Waals surface area contributed by atoms with E-state index in [0.29, 0.717) is 23.5 Å². The van der Waals surface area contributed by atoms with Gasteiger partial charge in [-0.25, -0.2) is 8.42 Å². The van der Waals surface area contributed by atoms with E-state index in [4.69, 9.17) is 9.26 Å². The number of fused-ring (bicyclic) bond motifs is 2. The number of hydrogen-bond acceptors (Lipinski definition) is 6. The van der Waals surface area contributed by atoms with E-state index in [2.05, 4.69) is 23.9 Å². The van der Waals surface area contributed by atoms with Crippen molar-refractivity contribution < 1.29 is 17.7 Å². The number of ether oxygens (including phenoxy) is 1. The maximum atomic E-state index is 13.4. The van der Waals surface area contributed by atoms with Crippen LogP contribution in [0.2, 0.25) is 0 Å². The Kier molecular flexibility index (Phi) is 6.08. The molecule has 0 saturated carbocycles. The number of likely N-dealkylation sites (tertiary alicyclic amines) is 1. The SMILES string of the molecule is Cc1noc(C)c1S(=O)(=O)N1[C@@H]2CC[C@H]1CC(OC1CCN(CC(C)C)CC1)C2. The Morgan fingerprint density at radius 2 is 1.69 bits per heavy atom. The van der Waals surface area contributed by atoms with Crippen LogP contribution in [0, 0.1) is 19.8 Å². The summed E-state index contributed by atoms with van der Waals surface area (Å²) in [6.45, 7) is 11.3. The van der Waals surface area contributed by atoms with E-state index in [-0.39, 0.29) is 23.1 Å². The van der Waals surface area contributed by atoms with Crippen LogP contribution in [-0.4, -0.2) is 66.7 Å². The fourth-order valence-electron chi connectivity index (χ4n) is 5.55. The molecule has 1 aromatic heterocycles. The zero-order valence-corrected chi connectivity index (χ0v) is 19.0. The smallest absolute Gasteiger partial charge is 0.248 e. The molecule has 3 aliphatic rings. The van der Waals surface area contributed by atoms with Gasteiger partial charge in [-0.2, -0.15) is 4.31 Å². The van der Waals surface area contributed by atoms with E-state index in [1.807, 2.05) is 0 Å². The summed E-state index contributed by atoms with van der Waals surface area (Å²) in [4.78, 5) is 2.79. The molecular formula is C21H35N3O4S. The van der Waals surface area contributed by atoms with Gasteiger partial charge in [-0.05, 0) is 58.3 Å². The number of hydrogen-bond donors (Lipinski definition) is 0. The van der Waals surface area contributed by atoms with Crippen LogP contribution in [0.15, 0.2) is 9.42 Å². The first kappa shape index (κ1) is 21.3. The van der Waals surface area contributed by atoms with E-state index < -0.39 is 10.0 Å². The van der Waals surface area contributed by atoms with Crippen molar-refractivity contribution in [1.29, 1.82) is 0 Å². The predicted molar refractivity (Wildman–Crippen MR) is 110 cm³/mol. The van der Waals surface area contributed by atoms with Crippen LogP contribution in [0.4, 0.5) is 0 Å². The summed E-state index contributed by atoms with van der Waals surface area (Å²) in [6.07, 6.45) is 6.08. The highest BCUT2D eigenvalue weighted by Crippen LogP contribution is 2.42. The topological polar surface area (TPSA) is 75.9 Å². The van der Waals surface area contributed by atoms with Crippen LogP contribution in [0.5, 0.6) is 0 Å². The molecule has 4 rings (SSSR count). The monoisotopic (exact) mass is 425 g/mol. The molecule has 4 heterocycles. The fourth-order valence-corrected chi connectivity index (χ4v) is 7.74. The van der Waals surface area contributed by atoms with E-state index in [9.17, 15) is 8.42 Å². The Morgan fingerprint density at radius 3 is 2.21 bits per heavy atom. The van der Waals surface area contributed by atoms with Gasteiger partial charge in [0.2, 0.25) is 10.0 Å². The maximum absolute atomic E-state index is 13.4. The van der Waals surface area contributed by atoms with Crippen LogP contribution < -0.4 is 0 Å². The molecule has 8 heteroatoms. The lowest BCUT2D eigenvalue weighted by Gasteiger charge is -2.40. The Bertz CT molecular complexity index is 780. The average Bonchev–Trinajstić information content (AvgIpc) is 3.13. The lowest BCUT2D eigenvalue weighted by molar-refractivity contribution is -0.0696. The molecule has 0 N–H and O–H groups in total. The van der Waals surface area contributed by atoms with Gasteiger partial charge in [0.15, 0.2) is 5.76 Å². The minimum Gasteiger partial charge on any atom is -0.375 e. The molecule has 0 aromatic carbocycles. The minimum absolute atomic E-state index is 0.0264. The van der Waals surface area contributed by atoms with Gasteiger partial charge in [-0.1, -0.05) is 19.0 Å². The van der Waals surface area contributed by atoms with Gasteiger partial charge in [0, 0.05) is 31.7 Å². The van der Waals surface area contributed by atoms with E-state index >= 15 is 0 Å². The van der Waals surface area contributed by atoms with Crippen LogP contribution in [0.25, 0.3) is 0 Å². The van der Waals surface area contributed by atoms with Gasteiger partial charge in [0.25, 0.3) is 0 Å². The average molecular weight is 426 g/mol. The molecular weight excluding hydrogens is 390 g/mol. The number of aryl methyl sites for hydroxylation is 2. The highest BCUT2D eigenvalue weighted by Gasteiger charge is 2.49. The number of nitrogens with zero attached hydrogens (tertiary/aromatic N) is 3. The standard InChI is InChI=1S/C21H35N3O4S/c1-14(2)13-23-9-7-19(8-10-23)27-20-11-17-5-6-18(12-20)24(17)29(25,26)21-15(3)22-28-16(21)4/h14,17-20H,5-13H2,1-4H3/t17-,18+,20?. The quantitative estimate of drug-likeness (QED) is 0.697. The molecule has 29 heavy (non-hydrogen) atoms. The van der Waals surface area contributed by atoms with E-state index in [1.54, 1.807) is 18.2 Å². The van der Waals surface area contributed by atoms with Crippen molar-refractivity contribution in [2.24, 2.45) is 5.92 Å². The predicted octanol–water partition coefficient (Wildman–Crippen LogP) is 3.11. The first-order chi connectivity index (χ1) is 13.8. The van der Waals surface area contributed by atoms with Crippen LogP contribution in [0.3, 0.4) is 0 Å². The lowest BCUT2D eigenvalue weighted by atomic mass is 10.0. The third kappa shape index (κ3) is 4.27. The summed E-state index contributed by atoms with van der Waals surface area (Å²) in [5, 5.41) is 3.85. The van der Waals surface area contributed by atoms with Gasteiger partial charge < -0.3 is 14.2 Å². The van der Waals surface area contributed by atoms with Gasteiger partial charge in [0.1, 0.15) is 10.6 Å². The molecule has 3 saturated heterocycles. The van der Waals surface area contributed by atoms with Gasteiger partial charge in [0.05, 0.1) is 12.2 Å². The molecule has 0 radical (unpaired) electrons. The van der Waals surface area contributed by atoms with Crippen molar-refractivity contribution >= 4 is 10.0 Å². The zero-order valence-electron chi connectivity index (χ0n) is 18.1. The summed E-state index contributed by atoms with van der Waals surface area (Å²) in [6, 6.07) is 0.0527. The third-order valence-corrected chi connectivity index (χ3v) is 8.92. The normalized spacial score (nSPS) is 29.8. The number of rotatable bonds is 6. The van der Waals surface area contributed by atoms with Crippen molar-refractivity contribution in [3.05, 3.63) is 11.5 Å². The molecule has 0 aliphatic carbocycles. The van der Waals surface area contributed by atoms with E-state index in [1.165, 1.54) is 0 Å². The molecule has 164 valence electrons.